The molecule has 0 rings (SSSR count). The Morgan fingerprint density at radius 3 is 2.00 bits per heavy atom. The Kier molecular flexibility index (Phi) is 3.16. The molecule has 0 aliphatic heterocycles. The summed E-state index contributed by atoms with van der Waals surface area (Å²) in [6, 6.07) is 0. The van der Waals surface area contributed by atoms with E-state index in [9.17, 15) is 9.59 Å². The van der Waals surface area contributed by atoms with Gasteiger partial charge in [0.15, 0.2) is 0 Å². The molecule has 0 aromatic heterocycles. The summed E-state index contributed by atoms with van der Waals surface area (Å²) in [7, 11) is 0. The van der Waals surface area contributed by atoms with E-state index >= 15 is 0 Å². The minimum atomic E-state index is -1.07. The van der Waals surface area contributed by atoms with E-state index in [-0.39, 0.29) is 6.42 Å². The second kappa shape index (κ2) is 3.14. The molecule has 0 N–H and O–H groups in total. The van der Waals surface area contributed by atoms with Crippen LogP contribution in [0.15, 0.2) is 0 Å². The normalized spacial score (nSPS) is 10.8. The first-order valence-corrected chi connectivity index (χ1v) is 2.86. The largest absolute Gasteiger partial charge is 0.303 e. The van der Waals surface area contributed by atoms with Crippen LogP contribution in [0.3, 0.4) is 0 Å². The Balaban J connectivity index is 3.70. The molecule has 0 aromatic carbocycles. The minimum Gasteiger partial charge on any atom is -0.303 e. The molecule has 0 aliphatic carbocycles. The maximum Gasteiger partial charge on any atom is 0.146 e. The number of thiol groups is 2. The van der Waals surface area contributed by atoms with Gasteiger partial charge >= 0.3 is 0 Å². The maximum absolute atomic E-state index is 9.90. The molecule has 4 heteroatoms. The van der Waals surface area contributed by atoms with Crippen molar-refractivity contribution in [1.29, 1.82) is 0 Å². The van der Waals surface area contributed by atoms with Crippen molar-refractivity contribution in [3.05, 3.63) is 0 Å². The van der Waals surface area contributed by atoms with Gasteiger partial charge in [-0.2, -0.15) is 25.3 Å². The van der Waals surface area contributed by atoms with Gasteiger partial charge in [-0.05, 0) is 0 Å². The van der Waals surface area contributed by atoms with E-state index in [1.54, 1.807) is 0 Å². The smallest absolute Gasteiger partial charge is 0.146 e. The van der Waals surface area contributed by atoms with E-state index in [1.165, 1.54) is 0 Å². The summed E-state index contributed by atoms with van der Waals surface area (Å²) in [5.74, 6) is 0. The van der Waals surface area contributed by atoms with Gasteiger partial charge in [-0.1, -0.05) is 0 Å². The van der Waals surface area contributed by atoms with Gasteiger partial charge in [0.2, 0.25) is 0 Å². The first kappa shape index (κ1) is 8.04. The van der Waals surface area contributed by atoms with Gasteiger partial charge in [0.1, 0.15) is 16.7 Å². The van der Waals surface area contributed by atoms with E-state index in [0.29, 0.717) is 12.6 Å². The van der Waals surface area contributed by atoms with Gasteiger partial charge in [-0.25, -0.2) is 0 Å². The Morgan fingerprint density at radius 1 is 1.38 bits per heavy atom. The molecule has 8 heavy (non-hydrogen) atoms. The van der Waals surface area contributed by atoms with Gasteiger partial charge < -0.3 is 9.59 Å². The maximum atomic E-state index is 9.90. The molecule has 0 aliphatic rings. The predicted molar refractivity (Wildman–Crippen MR) is 37.4 cm³/mol. The highest BCUT2D eigenvalue weighted by Gasteiger charge is 2.17. The Hall–Kier alpha value is 0.0400. The molecule has 0 saturated heterocycles. The lowest BCUT2D eigenvalue weighted by Crippen LogP contribution is -2.14. The molecule has 2 nitrogen and oxygen atoms in total. The highest BCUT2D eigenvalue weighted by atomic mass is 32.2. The van der Waals surface area contributed by atoms with Crippen molar-refractivity contribution < 1.29 is 9.59 Å². The lowest BCUT2D eigenvalue weighted by molar-refractivity contribution is -0.112. The Bertz CT molecular complexity index is 100. The SMILES string of the molecule is O=CCC(S)(S)C=O. The fourth-order valence-corrected chi connectivity index (χ4v) is 0.320. The first-order chi connectivity index (χ1) is 3.62. The minimum absolute atomic E-state index is 0.0444. The average Bonchev–Trinajstić information content (AvgIpc) is 1.67. The average molecular weight is 150 g/mol. The third-order valence-electron chi connectivity index (χ3n) is 0.573. The summed E-state index contributed by atoms with van der Waals surface area (Å²) < 4.78 is -1.07. The standard InChI is InChI=1S/C4H6O2S2/c5-2-1-4(7,8)3-6/h2-3,7-8H,1H2. The van der Waals surface area contributed by atoms with Crippen LogP contribution in [0, 0.1) is 0 Å². The van der Waals surface area contributed by atoms with Gasteiger partial charge in [0, 0.05) is 6.42 Å². The quantitative estimate of drug-likeness (QED) is 0.345. The van der Waals surface area contributed by atoms with Crippen LogP contribution >= 0.6 is 25.3 Å². The highest BCUT2D eigenvalue weighted by molar-refractivity contribution is 8.01. The number of carbonyl (C=O) groups excluding carboxylic acids is 2. The molecule has 0 saturated carbocycles. The van der Waals surface area contributed by atoms with Crippen LogP contribution in [0.2, 0.25) is 0 Å². The fraction of sp³-hybridized carbons (Fsp3) is 0.500. The topological polar surface area (TPSA) is 34.1 Å². The molecular weight excluding hydrogens is 144 g/mol. The van der Waals surface area contributed by atoms with Crippen LogP contribution in [-0.4, -0.2) is 16.7 Å². The molecule has 46 valence electrons. The van der Waals surface area contributed by atoms with E-state index in [1.807, 2.05) is 0 Å². The lowest BCUT2D eigenvalue weighted by Gasteiger charge is -2.07. The summed E-state index contributed by atoms with van der Waals surface area (Å²) in [4.78, 5) is 19.6. The molecule has 0 aromatic rings. The summed E-state index contributed by atoms with van der Waals surface area (Å²) in [5, 5.41) is 0. The van der Waals surface area contributed by atoms with Gasteiger partial charge in [-0.3, -0.25) is 0 Å². The second-order valence-electron chi connectivity index (χ2n) is 1.37. The molecule has 0 fully saturated rings. The number of rotatable bonds is 3. The second-order valence-corrected chi connectivity index (χ2v) is 3.32. The van der Waals surface area contributed by atoms with Crippen molar-refractivity contribution in [2.75, 3.05) is 0 Å². The van der Waals surface area contributed by atoms with Crippen molar-refractivity contribution in [2.45, 2.75) is 10.5 Å². The number of hydrogen-bond acceptors (Lipinski definition) is 4. The van der Waals surface area contributed by atoms with Crippen LogP contribution in [0.5, 0.6) is 0 Å². The highest BCUT2D eigenvalue weighted by Crippen LogP contribution is 2.18. The van der Waals surface area contributed by atoms with Gasteiger partial charge in [0.25, 0.3) is 0 Å². The monoisotopic (exact) mass is 150 g/mol. The summed E-state index contributed by atoms with van der Waals surface area (Å²) in [5.41, 5.74) is 0. The molecular formula is C4H6O2S2. The summed E-state index contributed by atoms with van der Waals surface area (Å²) >= 11 is 7.46. The zero-order valence-electron chi connectivity index (χ0n) is 4.07. The number of hydrogen-bond donors (Lipinski definition) is 2. The zero-order chi connectivity index (χ0) is 6.62. The molecule has 0 unspecified atom stereocenters. The van der Waals surface area contributed by atoms with Crippen molar-refractivity contribution in [3.63, 3.8) is 0 Å². The van der Waals surface area contributed by atoms with Crippen molar-refractivity contribution >= 4 is 37.8 Å². The van der Waals surface area contributed by atoms with E-state index in [4.69, 9.17) is 0 Å². The third kappa shape index (κ3) is 3.10. The van der Waals surface area contributed by atoms with Crippen molar-refractivity contribution in [1.82, 2.24) is 0 Å². The van der Waals surface area contributed by atoms with E-state index in [2.05, 4.69) is 25.3 Å². The third-order valence-corrected chi connectivity index (χ3v) is 1.15. The number of carbonyl (C=O) groups is 2. The molecule has 0 amide bonds. The predicted octanol–water partition coefficient (Wildman–Crippen LogP) is 0.330. The molecule has 0 spiro atoms. The Labute approximate surface area is 58.5 Å². The first-order valence-electron chi connectivity index (χ1n) is 1.97. The van der Waals surface area contributed by atoms with E-state index < -0.39 is 4.08 Å². The fourth-order valence-electron chi connectivity index (χ4n) is 0.171. The number of aldehydes is 2. The molecule has 0 radical (unpaired) electrons. The lowest BCUT2D eigenvalue weighted by atomic mass is 10.3. The molecule has 0 bridgehead atoms. The van der Waals surface area contributed by atoms with Crippen LogP contribution < -0.4 is 0 Å². The van der Waals surface area contributed by atoms with Crippen molar-refractivity contribution in [3.8, 4) is 0 Å². The zero-order valence-corrected chi connectivity index (χ0v) is 5.86. The molecule has 0 heterocycles. The summed E-state index contributed by atoms with van der Waals surface area (Å²) in [6.45, 7) is 0. The molecule has 0 atom stereocenters. The van der Waals surface area contributed by atoms with Crippen LogP contribution in [0.25, 0.3) is 0 Å². The van der Waals surface area contributed by atoms with E-state index in [0.717, 1.165) is 0 Å². The van der Waals surface area contributed by atoms with Crippen LogP contribution in [0.1, 0.15) is 6.42 Å². The Morgan fingerprint density at radius 2 is 1.88 bits per heavy atom. The van der Waals surface area contributed by atoms with Crippen molar-refractivity contribution in [2.24, 2.45) is 0 Å². The van der Waals surface area contributed by atoms with Gasteiger partial charge in [0.05, 0.1) is 0 Å². The summed E-state index contributed by atoms with van der Waals surface area (Å²) in [6.07, 6.45) is 1.17. The van der Waals surface area contributed by atoms with Crippen LogP contribution in [-0.2, 0) is 9.59 Å². The van der Waals surface area contributed by atoms with Crippen LogP contribution in [0.4, 0.5) is 0 Å². The van der Waals surface area contributed by atoms with Gasteiger partial charge in [-0.15, -0.1) is 0 Å².